The fourth-order valence-electron chi connectivity index (χ4n) is 2.69. The van der Waals surface area contributed by atoms with Gasteiger partial charge >= 0.3 is 0 Å². The van der Waals surface area contributed by atoms with E-state index in [1.54, 1.807) is 0 Å². The van der Waals surface area contributed by atoms with Crippen LogP contribution in [0.15, 0.2) is 24.3 Å². The number of rotatable bonds is 6. The van der Waals surface area contributed by atoms with E-state index in [9.17, 15) is 4.79 Å². The molecule has 0 saturated heterocycles. The molecule has 1 aromatic carbocycles. The molecule has 1 amide bonds. The van der Waals surface area contributed by atoms with Crippen molar-refractivity contribution >= 4 is 5.91 Å². The fraction of sp³-hybridized carbons (Fsp3) is 0.611. The minimum absolute atomic E-state index is 0.0938. The number of hydrogen-bond acceptors (Lipinski definition) is 3. The minimum atomic E-state index is 0.0938. The Morgan fingerprint density at radius 2 is 1.86 bits per heavy atom. The van der Waals surface area contributed by atoms with Crippen molar-refractivity contribution < 1.29 is 9.53 Å². The maximum absolute atomic E-state index is 12.1. The maximum Gasteiger partial charge on any atom is 0.224 e. The Morgan fingerprint density at radius 3 is 2.45 bits per heavy atom. The van der Waals surface area contributed by atoms with E-state index in [4.69, 9.17) is 10.5 Å². The molecule has 4 heteroatoms. The van der Waals surface area contributed by atoms with E-state index < -0.39 is 0 Å². The second kappa shape index (κ2) is 8.18. The molecule has 0 heterocycles. The van der Waals surface area contributed by atoms with E-state index in [0.717, 1.165) is 37.0 Å². The number of nitrogens with two attached hydrogens (primary N) is 1. The first-order valence-electron chi connectivity index (χ1n) is 8.29. The fourth-order valence-corrected chi connectivity index (χ4v) is 2.69. The molecule has 122 valence electrons. The zero-order valence-electron chi connectivity index (χ0n) is 13.7. The van der Waals surface area contributed by atoms with Gasteiger partial charge in [0.15, 0.2) is 0 Å². The van der Waals surface area contributed by atoms with Gasteiger partial charge in [-0.25, -0.2) is 0 Å². The molecule has 3 N–H and O–H groups in total. The molecule has 1 fully saturated rings. The normalized spacial score (nSPS) is 21.6. The summed E-state index contributed by atoms with van der Waals surface area (Å²) in [6.07, 6.45) is 4.43. The van der Waals surface area contributed by atoms with Crippen LogP contribution in [0.1, 0.15) is 45.1 Å². The van der Waals surface area contributed by atoms with Crippen LogP contribution in [0.2, 0.25) is 0 Å². The maximum atomic E-state index is 12.1. The Bertz CT molecular complexity index is 462. The smallest absolute Gasteiger partial charge is 0.224 e. The summed E-state index contributed by atoms with van der Waals surface area (Å²) < 4.78 is 5.65. The first kappa shape index (κ1) is 16.8. The highest BCUT2D eigenvalue weighted by Gasteiger charge is 2.19. The first-order chi connectivity index (χ1) is 10.5. The largest absolute Gasteiger partial charge is 0.493 e. The monoisotopic (exact) mass is 304 g/mol. The summed E-state index contributed by atoms with van der Waals surface area (Å²) >= 11 is 0. The van der Waals surface area contributed by atoms with E-state index in [-0.39, 0.29) is 5.91 Å². The summed E-state index contributed by atoms with van der Waals surface area (Å²) in [6.45, 7) is 4.96. The van der Waals surface area contributed by atoms with Crippen LogP contribution in [0, 0.1) is 5.92 Å². The van der Waals surface area contributed by atoms with Crippen molar-refractivity contribution in [3.05, 3.63) is 29.8 Å². The Labute approximate surface area is 133 Å². The molecule has 1 saturated carbocycles. The highest BCUT2D eigenvalue weighted by atomic mass is 16.5. The lowest BCUT2D eigenvalue weighted by Gasteiger charge is -2.26. The summed E-state index contributed by atoms with van der Waals surface area (Å²) in [5, 5.41) is 3.12. The van der Waals surface area contributed by atoms with Crippen LogP contribution in [0.3, 0.4) is 0 Å². The van der Waals surface area contributed by atoms with Crippen LogP contribution < -0.4 is 15.8 Å². The summed E-state index contributed by atoms with van der Waals surface area (Å²) in [5.74, 6) is 1.46. The number of benzene rings is 1. The lowest BCUT2D eigenvalue weighted by molar-refractivity contribution is -0.121. The van der Waals surface area contributed by atoms with Gasteiger partial charge in [0.1, 0.15) is 5.75 Å². The Hall–Kier alpha value is -1.55. The van der Waals surface area contributed by atoms with Gasteiger partial charge in [-0.3, -0.25) is 4.79 Å². The molecule has 1 aromatic rings. The number of carbonyl (C=O) groups is 1. The van der Waals surface area contributed by atoms with Crippen LogP contribution in [0.25, 0.3) is 0 Å². The average Bonchev–Trinajstić information content (AvgIpc) is 2.49. The SMILES string of the molecule is CC(C)COc1ccc(CC(=O)NC2CCC(N)CC2)cc1. The predicted octanol–water partition coefficient (Wildman–Crippen LogP) is 2.65. The Balaban J connectivity index is 1.76. The number of nitrogens with one attached hydrogen (secondary N) is 1. The molecule has 0 aliphatic heterocycles. The molecule has 1 aliphatic rings. The Kier molecular flexibility index (Phi) is 6.25. The van der Waals surface area contributed by atoms with Crippen molar-refractivity contribution in [2.45, 2.75) is 58.0 Å². The first-order valence-corrected chi connectivity index (χ1v) is 8.29. The second-order valence-corrected chi connectivity index (χ2v) is 6.70. The van der Waals surface area contributed by atoms with Crippen molar-refractivity contribution in [2.24, 2.45) is 11.7 Å². The molecular weight excluding hydrogens is 276 g/mol. The molecule has 0 spiro atoms. The van der Waals surface area contributed by atoms with Gasteiger partial charge in [0.05, 0.1) is 13.0 Å². The van der Waals surface area contributed by atoms with Gasteiger partial charge in [-0.15, -0.1) is 0 Å². The van der Waals surface area contributed by atoms with Gasteiger partial charge in [-0.1, -0.05) is 26.0 Å². The molecular formula is C18H28N2O2. The van der Waals surface area contributed by atoms with Crippen LogP contribution in [-0.4, -0.2) is 24.6 Å². The molecule has 22 heavy (non-hydrogen) atoms. The Morgan fingerprint density at radius 1 is 1.23 bits per heavy atom. The quantitative estimate of drug-likeness (QED) is 0.849. The number of carbonyl (C=O) groups excluding carboxylic acids is 1. The van der Waals surface area contributed by atoms with E-state index >= 15 is 0 Å². The molecule has 0 bridgehead atoms. The standard InChI is InChI=1S/C18H28N2O2/c1-13(2)12-22-17-9-3-14(4-10-17)11-18(21)20-16-7-5-15(19)6-8-16/h3-4,9-10,13,15-16H,5-8,11-12,19H2,1-2H3,(H,20,21). The summed E-state index contributed by atoms with van der Waals surface area (Å²) in [6, 6.07) is 8.40. The topological polar surface area (TPSA) is 64.3 Å². The molecule has 0 atom stereocenters. The predicted molar refractivity (Wildman–Crippen MR) is 88.9 cm³/mol. The highest BCUT2D eigenvalue weighted by molar-refractivity contribution is 5.78. The summed E-state index contributed by atoms with van der Waals surface area (Å²) in [4.78, 5) is 12.1. The van der Waals surface area contributed by atoms with Crippen molar-refractivity contribution in [1.82, 2.24) is 5.32 Å². The van der Waals surface area contributed by atoms with E-state index in [0.29, 0.717) is 31.0 Å². The third kappa shape index (κ3) is 5.68. The molecule has 2 rings (SSSR count). The third-order valence-corrected chi connectivity index (χ3v) is 4.01. The minimum Gasteiger partial charge on any atom is -0.493 e. The molecule has 4 nitrogen and oxygen atoms in total. The van der Waals surface area contributed by atoms with Crippen LogP contribution in [-0.2, 0) is 11.2 Å². The number of amides is 1. The lowest BCUT2D eigenvalue weighted by Crippen LogP contribution is -2.41. The van der Waals surface area contributed by atoms with Gasteiger partial charge in [-0.2, -0.15) is 0 Å². The van der Waals surface area contributed by atoms with E-state index in [1.165, 1.54) is 0 Å². The van der Waals surface area contributed by atoms with Gasteiger partial charge in [0.2, 0.25) is 5.91 Å². The van der Waals surface area contributed by atoms with Crippen molar-refractivity contribution in [3.63, 3.8) is 0 Å². The molecule has 0 radical (unpaired) electrons. The van der Waals surface area contributed by atoms with Gasteiger partial charge < -0.3 is 15.8 Å². The van der Waals surface area contributed by atoms with Crippen LogP contribution in [0.4, 0.5) is 0 Å². The lowest BCUT2D eigenvalue weighted by atomic mass is 9.91. The molecule has 0 unspecified atom stereocenters. The van der Waals surface area contributed by atoms with Crippen molar-refractivity contribution in [2.75, 3.05) is 6.61 Å². The second-order valence-electron chi connectivity index (χ2n) is 6.70. The van der Waals surface area contributed by atoms with Crippen LogP contribution >= 0.6 is 0 Å². The van der Waals surface area contributed by atoms with E-state index in [2.05, 4.69) is 19.2 Å². The molecule has 1 aliphatic carbocycles. The average molecular weight is 304 g/mol. The highest BCUT2D eigenvalue weighted by Crippen LogP contribution is 2.17. The van der Waals surface area contributed by atoms with Crippen LogP contribution in [0.5, 0.6) is 5.75 Å². The number of hydrogen-bond donors (Lipinski definition) is 2. The van der Waals surface area contributed by atoms with Gasteiger partial charge in [0.25, 0.3) is 0 Å². The molecule has 0 aromatic heterocycles. The zero-order chi connectivity index (χ0) is 15.9. The van der Waals surface area contributed by atoms with Crippen molar-refractivity contribution in [3.8, 4) is 5.75 Å². The van der Waals surface area contributed by atoms with Crippen molar-refractivity contribution in [1.29, 1.82) is 0 Å². The summed E-state index contributed by atoms with van der Waals surface area (Å²) in [7, 11) is 0. The summed E-state index contributed by atoms with van der Waals surface area (Å²) in [5.41, 5.74) is 6.90. The number of ether oxygens (including phenoxy) is 1. The van der Waals surface area contributed by atoms with Gasteiger partial charge in [0, 0.05) is 12.1 Å². The zero-order valence-corrected chi connectivity index (χ0v) is 13.7. The third-order valence-electron chi connectivity index (χ3n) is 4.01. The van der Waals surface area contributed by atoms with E-state index in [1.807, 2.05) is 24.3 Å². The van der Waals surface area contributed by atoms with Gasteiger partial charge in [-0.05, 0) is 49.3 Å².